The number of pyridine rings is 1. The van der Waals surface area contributed by atoms with Crippen LogP contribution in [0.15, 0.2) is 194 Å². The second kappa shape index (κ2) is 14.8. The normalized spacial score (nSPS) is 14.3. The van der Waals surface area contributed by atoms with Gasteiger partial charge in [0, 0.05) is 40.0 Å². The van der Waals surface area contributed by atoms with Crippen LogP contribution in [-0.2, 0) is 12.4 Å². The molecule has 0 unspecified atom stereocenters. The molecule has 2 aliphatic heterocycles. The van der Waals surface area contributed by atoms with Crippen LogP contribution >= 0.6 is 0 Å². The molecule has 62 heavy (non-hydrogen) atoms. The second-order valence-electron chi connectivity index (χ2n) is 16.9. The quantitative estimate of drug-likeness (QED) is 0.0915. The molecule has 0 spiro atoms. The first kappa shape index (κ1) is 34.1. The molecular formula is C55H44BN5O. The third-order valence-corrected chi connectivity index (χ3v) is 12.0. The zero-order chi connectivity index (χ0) is 44.5. The van der Waals surface area contributed by atoms with Gasteiger partial charge in [-0.2, -0.15) is 0 Å². The minimum Gasteiger partial charge on any atom is -0.458 e. The van der Waals surface area contributed by atoms with Crippen LogP contribution in [0.2, 0.25) is 0 Å². The Kier molecular flexibility index (Phi) is 8.16. The van der Waals surface area contributed by atoms with E-state index in [0.717, 1.165) is 61.0 Å². The number of hydrogen-bond acceptors (Lipinski definition) is 3. The minimum absolute atomic E-state index is 0.0481. The molecule has 0 saturated heterocycles. The number of ether oxygens (including phenoxy) is 1. The summed E-state index contributed by atoms with van der Waals surface area (Å²) in [5, 5.41) is 2.23. The van der Waals surface area contributed by atoms with Crippen molar-refractivity contribution in [1.82, 2.24) is 18.9 Å². The maximum Gasteiger partial charge on any atom is 0.312 e. The topological polar surface area (TPSA) is 39.1 Å². The highest BCUT2D eigenvalue weighted by atomic mass is 16.5. The van der Waals surface area contributed by atoms with Gasteiger partial charge in [0.1, 0.15) is 17.3 Å². The van der Waals surface area contributed by atoms with Gasteiger partial charge in [-0.05, 0) is 106 Å². The summed E-state index contributed by atoms with van der Waals surface area (Å²) >= 11 is 0. The maximum absolute atomic E-state index is 8.98. The summed E-state index contributed by atoms with van der Waals surface area (Å²) in [6, 6.07) is 53.6. The number of para-hydroxylation sites is 1. The van der Waals surface area contributed by atoms with Gasteiger partial charge in [-0.25, -0.2) is 4.98 Å². The van der Waals surface area contributed by atoms with Gasteiger partial charge >= 0.3 is 6.85 Å². The standard InChI is InChI=1S/C55H44BN5O/c1-55(2,3)40-30-31-57-52(33-40)61-49-27-12-11-24-47(49)48-29-28-44(36-50(48)61)62-43-23-15-22-41(34-43)59-37-58(4)54-51(59)35-42-21-13-14-32-60(42)56(54)53-45(38-17-7-5-8-18-38)25-16-26-46(53)39-19-9-6-10-20-39/h5-36H,1-4H3/i4D3. The van der Waals surface area contributed by atoms with Crippen LogP contribution in [0.25, 0.3) is 61.6 Å². The van der Waals surface area contributed by atoms with Crippen LogP contribution in [0.1, 0.15) is 36.1 Å². The molecule has 11 rings (SSSR count). The second-order valence-corrected chi connectivity index (χ2v) is 16.9. The third kappa shape index (κ3) is 6.36. The number of nitrogens with zero attached hydrogens (tertiary/aromatic N) is 5. The van der Waals surface area contributed by atoms with E-state index in [-0.39, 0.29) is 5.41 Å². The predicted molar refractivity (Wildman–Crippen MR) is 254 cm³/mol. The van der Waals surface area contributed by atoms with Gasteiger partial charge in [0.15, 0.2) is 0 Å². The van der Waals surface area contributed by atoms with Crippen molar-refractivity contribution >= 4 is 45.8 Å². The van der Waals surface area contributed by atoms with Gasteiger partial charge in [0.25, 0.3) is 0 Å². The lowest BCUT2D eigenvalue weighted by Crippen LogP contribution is -2.66. The molecule has 6 aromatic carbocycles. The van der Waals surface area contributed by atoms with E-state index in [9.17, 15) is 0 Å². The molecule has 7 heteroatoms. The Balaban J connectivity index is 1.06. The molecule has 0 amide bonds. The molecular weight excluding hydrogens is 757 g/mol. The highest BCUT2D eigenvalue weighted by Crippen LogP contribution is 2.37. The van der Waals surface area contributed by atoms with Gasteiger partial charge in [-0.15, -0.1) is 0 Å². The Morgan fingerprint density at radius 3 is 2.16 bits per heavy atom. The van der Waals surface area contributed by atoms with E-state index < -0.39 is 13.8 Å². The number of aromatic nitrogens is 4. The fourth-order valence-electron chi connectivity index (χ4n) is 9.10. The van der Waals surface area contributed by atoms with Gasteiger partial charge in [-0.1, -0.05) is 136 Å². The van der Waals surface area contributed by atoms with E-state index >= 15 is 0 Å². The van der Waals surface area contributed by atoms with Crippen molar-refractivity contribution in [2.45, 2.75) is 26.2 Å². The first-order valence-electron chi connectivity index (χ1n) is 22.5. The average Bonchev–Trinajstić information content (AvgIpc) is 3.87. The molecule has 0 N–H and O–H groups in total. The van der Waals surface area contributed by atoms with Crippen molar-refractivity contribution in [3.05, 3.63) is 212 Å². The van der Waals surface area contributed by atoms with E-state index in [0.29, 0.717) is 28.5 Å². The van der Waals surface area contributed by atoms with Crippen molar-refractivity contribution in [3.63, 3.8) is 0 Å². The summed E-state index contributed by atoms with van der Waals surface area (Å²) < 4.78 is 39.1. The molecule has 5 heterocycles. The van der Waals surface area contributed by atoms with Gasteiger partial charge in [0.2, 0.25) is 6.33 Å². The smallest absolute Gasteiger partial charge is 0.312 e. The van der Waals surface area contributed by atoms with E-state index in [1.807, 2.05) is 95.8 Å². The largest absolute Gasteiger partial charge is 0.458 e. The van der Waals surface area contributed by atoms with Crippen molar-refractivity contribution in [2.24, 2.45) is 6.98 Å². The van der Waals surface area contributed by atoms with Crippen LogP contribution in [0, 0.1) is 6.33 Å². The van der Waals surface area contributed by atoms with Crippen molar-refractivity contribution in [3.8, 4) is 45.3 Å². The van der Waals surface area contributed by atoms with Crippen molar-refractivity contribution < 1.29 is 13.4 Å². The Hall–Kier alpha value is -7.64. The van der Waals surface area contributed by atoms with E-state index in [4.69, 9.17) is 13.8 Å². The maximum atomic E-state index is 8.98. The van der Waals surface area contributed by atoms with E-state index in [1.165, 1.54) is 10.1 Å². The summed E-state index contributed by atoms with van der Waals surface area (Å²) in [5.41, 5.74) is 11.2. The monoisotopic (exact) mass is 804 g/mol. The SMILES string of the molecule is [2H]C([2H])([2H])[n+]1[c-]n(-c2cccc(Oc3ccc4c5ccccc5n(-c5cc(C(C)(C)C)ccn5)c4c3)c2)c2c1B(c1c(-c3ccccc3)cccc1-c1ccccc1)N1C=CC=CC1=C2. The molecule has 3 aromatic heterocycles. The summed E-state index contributed by atoms with van der Waals surface area (Å²) in [6.07, 6.45) is 15.4. The molecule has 0 saturated carbocycles. The lowest BCUT2D eigenvalue weighted by Gasteiger charge is -2.38. The van der Waals surface area contributed by atoms with Crippen LogP contribution in [0.3, 0.4) is 0 Å². The fourth-order valence-corrected chi connectivity index (χ4v) is 9.10. The molecule has 9 aromatic rings. The van der Waals surface area contributed by atoms with Crippen LogP contribution < -0.4 is 20.4 Å². The molecule has 6 nitrogen and oxygen atoms in total. The van der Waals surface area contributed by atoms with Gasteiger partial charge < -0.3 is 18.7 Å². The molecule has 0 radical (unpaired) electrons. The van der Waals surface area contributed by atoms with E-state index in [1.54, 1.807) is 0 Å². The number of fused-ring (bicyclic) bond motifs is 5. The molecule has 2 aliphatic rings. The fraction of sp³-hybridized carbons (Fsp3) is 0.0909. The molecule has 298 valence electrons. The zero-order valence-electron chi connectivity index (χ0n) is 37.7. The Bertz CT molecular complexity index is 3340. The van der Waals surface area contributed by atoms with Crippen LogP contribution in [0.5, 0.6) is 11.5 Å². The Labute approximate surface area is 366 Å². The summed E-state index contributed by atoms with van der Waals surface area (Å²) in [7, 11) is 0. The van der Waals surface area contributed by atoms with Gasteiger partial charge in [0.05, 0.1) is 27.8 Å². The van der Waals surface area contributed by atoms with Crippen LogP contribution in [-0.4, -0.2) is 25.8 Å². The van der Waals surface area contributed by atoms with E-state index in [2.05, 4.69) is 140 Å². The molecule has 0 aliphatic carbocycles. The number of imidazole rings is 1. The molecule has 0 bridgehead atoms. The highest BCUT2D eigenvalue weighted by Gasteiger charge is 2.39. The Morgan fingerprint density at radius 2 is 1.40 bits per heavy atom. The first-order valence-corrected chi connectivity index (χ1v) is 21.0. The summed E-state index contributed by atoms with van der Waals surface area (Å²) in [4.78, 5) is 7.04. The average molecular weight is 805 g/mol. The lowest BCUT2D eigenvalue weighted by atomic mass is 9.46. The Morgan fingerprint density at radius 1 is 0.694 bits per heavy atom. The number of rotatable bonds is 7. The number of allylic oxidation sites excluding steroid dienone is 3. The zero-order valence-corrected chi connectivity index (χ0v) is 34.7. The van der Waals surface area contributed by atoms with Crippen molar-refractivity contribution in [2.75, 3.05) is 0 Å². The highest BCUT2D eigenvalue weighted by molar-refractivity contribution is 6.85. The summed E-state index contributed by atoms with van der Waals surface area (Å²) in [5.74, 6) is 2.09. The lowest BCUT2D eigenvalue weighted by molar-refractivity contribution is -0.658. The van der Waals surface area contributed by atoms with Crippen molar-refractivity contribution in [1.29, 1.82) is 0 Å². The number of aryl methyl sites for hydroxylation is 1. The third-order valence-electron chi connectivity index (χ3n) is 12.0. The molecule has 0 fully saturated rings. The van der Waals surface area contributed by atoms with Crippen LogP contribution in [0.4, 0.5) is 0 Å². The number of benzene rings is 6. The predicted octanol–water partition coefficient (Wildman–Crippen LogP) is 10.9. The molecule has 0 atom stereocenters. The summed E-state index contributed by atoms with van der Waals surface area (Å²) in [6.45, 7) is 3.52. The first-order chi connectivity index (χ1) is 31.5. The minimum atomic E-state index is -2.56. The van der Waals surface area contributed by atoms with Gasteiger partial charge in [-0.3, -0.25) is 4.57 Å². The number of hydrogen-bond donors (Lipinski definition) is 0.